The summed E-state index contributed by atoms with van der Waals surface area (Å²) in [6, 6.07) is 0.191. The first kappa shape index (κ1) is 30.9. The lowest BCUT2D eigenvalue weighted by molar-refractivity contribution is -0.230. The van der Waals surface area contributed by atoms with Crippen LogP contribution in [0.3, 0.4) is 0 Å². The Hall–Kier alpha value is -2.36. The summed E-state index contributed by atoms with van der Waals surface area (Å²) in [6.45, 7) is 0.0718. The van der Waals surface area contributed by atoms with E-state index >= 15 is 0 Å². The minimum absolute atomic E-state index is 0.0484. The molecule has 1 unspecified atom stereocenters. The number of aliphatic hydroxyl groups is 6. The molecule has 2 rings (SSSR count). The van der Waals surface area contributed by atoms with Gasteiger partial charge in [0.05, 0.1) is 12.2 Å². The van der Waals surface area contributed by atoms with E-state index in [1.165, 1.54) is 6.92 Å². The maximum atomic E-state index is 14.4. The van der Waals surface area contributed by atoms with Crippen molar-refractivity contribution in [2.75, 3.05) is 6.61 Å². The lowest BCUT2D eigenvalue weighted by Gasteiger charge is -2.46. The fourth-order valence-corrected chi connectivity index (χ4v) is 4.15. The summed E-state index contributed by atoms with van der Waals surface area (Å²) in [6.07, 6.45) is -11.4. The van der Waals surface area contributed by atoms with E-state index in [9.17, 15) is 65.8 Å². The number of aliphatic hydroxyl groups excluding tert-OH is 4. The molecule has 0 aromatic heterocycles. The molecule has 0 heterocycles. The van der Waals surface area contributed by atoms with Crippen LogP contribution in [0.4, 0.5) is 35.1 Å². The molecule has 0 fully saturated rings. The third-order valence-electron chi connectivity index (χ3n) is 6.06. The van der Waals surface area contributed by atoms with Crippen molar-refractivity contribution in [1.29, 1.82) is 0 Å². The zero-order valence-corrected chi connectivity index (χ0v) is 19.1. The van der Waals surface area contributed by atoms with Gasteiger partial charge in [-0.3, -0.25) is 0 Å². The summed E-state index contributed by atoms with van der Waals surface area (Å²) in [5.41, 5.74) is -8.55. The highest BCUT2D eigenvalue weighted by molar-refractivity contribution is 5.28. The molecule has 0 aliphatic heterocycles. The van der Waals surface area contributed by atoms with Crippen LogP contribution in [0.2, 0.25) is 0 Å². The second-order valence-electron chi connectivity index (χ2n) is 8.71. The molecule has 208 valence electrons. The SMILES string of the molecule is CCCC(O)(Cc1cc(F)c(F)c(F)c1F)[C@@H](O)[C@@](O)(Cc1cc(F)c(F)c(F)c1F)[C@H](O)[C@@H](O)CO. The Balaban J connectivity index is 2.68. The van der Waals surface area contributed by atoms with Crippen molar-refractivity contribution in [3.63, 3.8) is 0 Å². The van der Waals surface area contributed by atoms with Gasteiger partial charge in [0.1, 0.15) is 23.9 Å². The number of hydrogen-bond acceptors (Lipinski definition) is 6. The predicted octanol–water partition coefficient (Wildman–Crippen LogP) is 1.92. The molecule has 0 aliphatic carbocycles. The first-order chi connectivity index (χ1) is 17.0. The van der Waals surface area contributed by atoms with Gasteiger partial charge in [-0.15, -0.1) is 0 Å². The van der Waals surface area contributed by atoms with E-state index in [1.807, 2.05) is 0 Å². The molecule has 6 N–H and O–H groups in total. The van der Waals surface area contributed by atoms with Crippen LogP contribution in [0.5, 0.6) is 0 Å². The standard InChI is InChI=1S/C23H24F8O6/c1-2-3-22(36,6-9-4-11(24)16(28)18(30)14(9)26)21(35)23(37,20(34)13(33)8-32)7-10-5-12(25)17(29)19(31)15(10)27/h4-5,13,20-21,32-37H,2-3,6-8H2,1H3/t13-,20+,21+,22?,23+/m0/s1. The predicted molar refractivity (Wildman–Crippen MR) is 110 cm³/mol. The highest BCUT2D eigenvalue weighted by atomic mass is 19.2. The van der Waals surface area contributed by atoms with Crippen molar-refractivity contribution in [2.45, 2.75) is 62.1 Å². The van der Waals surface area contributed by atoms with Gasteiger partial charge in [0.2, 0.25) is 0 Å². The second kappa shape index (κ2) is 11.6. The Morgan fingerprint density at radius 1 is 0.703 bits per heavy atom. The van der Waals surface area contributed by atoms with Gasteiger partial charge in [-0.25, -0.2) is 35.1 Å². The maximum absolute atomic E-state index is 14.4. The minimum atomic E-state index is -3.42. The van der Waals surface area contributed by atoms with Crippen molar-refractivity contribution >= 4 is 0 Å². The molecule has 0 amide bonds. The Labute approximate surface area is 205 Å². The lowest BCUT2D eigenvalue weighted by Crippen LogP contribution is -2.66. The van der Waals surface area contributed by atoms with E-state index < -0.39 is 113 Å². The van der Waals surface area contributed by atoms with Gasteiger partial charge in [-0.1, -0.05) is 13.3 Å². The number of benzene rings is 2. The first-order valence-electron chi connectivity index (χ1n) is 10.8. The van der Waals surface area contributed by atoms with Crippen molar-refractivity contribution in [2.24, 2.45) is 0 Å². The zero-order valence-electron chi connectivity index (χ0n) is 19.1. The zero-order chi connectivity index (χ0) is 28.5. The topological polar surface area (TPSA) is 121 Å². The molecule has 14 heteroatoms. The van der Waals surface area contributed by atoms with Crippen LogP contribution in [0.1, 0.15) is 30.9 Å². The smallest absolute Gasteiger partial charge is 0.197 e. The van der Waals surface area contributed by atoms with Gasteiger partial charge in [-0.2, -0.15) is 0 Å². The third-order valence-corrected chi connectivity index (χ3v) is 6.06. The summed E-state index contributed by atoms with van der Waals surface area (Å²) in [4.78, 5) is 0. The molecular weight excluding hydrogens is 524 g/mol. The number of halogens is 8. The van der Waals surface area contributed by atoms with Gasteiger partial charge >= 0.3 is 0 Å². The van der Waals surface area contributed by atoms with Crippen LogP contribution < -0.4 is 0 Å². The Morgan fingerprint density at radius 2 is 1.14 bits per heavy atom. The molecule has 6 nitrogen and oxygen atoms in total. The fourth-order valence-electron chi connectivity index (χ4n) is 4.15. The summed E-state index contributed by atoms with van der Waals surface area (Å²) >= 11 is 0. The van der Waals surface area contributed by atoms with E-state index in [1.54, 1.807) is 0 Å². The molecule has 37 heavy (non-hydrogen) atoms. The Kier molecular flexibility index (Phi) is 9.66. The monoisotopic (exact) mass is 548 g/mol. The van der Waals surface area contributed by atoms with Crippen LogP contribution >= 0.6 is 0 Å². The molecule has 0 aliphatic rings. The van der Waals surface area contributed by atoms with E-state index in [4.69, 9.17) is 0 Å². The lowest BCUT2D eigenvalue weighted by atomic mass is 9.71. The normalized spacial score (nSPS) is 17.7. The molecule has 0 bridgehead atoms. The molecule has 0 spiro atoms. The van der Waals surface area contributed by atoms with Crippen LogP contribution in [-0.4, -0.2) is 66.8 Å². The van der Waals surface area contributed by atoms with E-state index in [0.29, 0.717) is 0 Å². The summed E-state index contributed by atoms with van der Waals surface area (Å²) in [5.74, 6) is -16.9. The van der Waals surface area contributed by atoms with E-state index in [2.05, 4.69) is 0 Å². The van der Waals surface area contributed by atoms with Crippen molar-refractivity contribution < 1.29 is 65.8 Å². The van der Waals surface area contributed by atoms with Gasteiger partial charge in [0, 0.05) is 12.8 Å². The van der Waals surface area contributed by atoms with Crippen LogP contribution in [0.15, 0.2) is 12.1 Å². The first-order valence-corrected chi connectivity index (χ1v) is 10.8. The quantitative estimate of drug-likeness (QED) is 0.145. The van der Waals surface area contributed by atoms with E-state index in [-0.39, 0.29) is 18.6 Å². The largest absolute Gasteiger partial charge is 0.394 e. The van der Waals surface area contributed by atoms with Crippen molar-refractivity contribution in [3.05, 3.63) is 69.8 Å². The fraction of sp³-hybridized carbons (Fsp3) is 0.478. The van der Waals surface area contributed by atoms with Crippen LogP contribution in [0, 0.1) is 46.5 Å². The summed E-state index contributed by atoms with van der Waals surface area (Å²) < 4.78 is 110. The molecule has 0 saturated carbocycles. The Bertz CT molecular complexity index is 1140. The van der Waals surface area contributed by atoms with Crippen LogP contribution in [-0.2, 0) is 12.8 Å². The average molecular weight is 548 g/mol. The number of rotatable bonds is 11. The minimum Gasteiger partial charge on any atom is -0.394 e. The Morgan fingerprint density at radius 3 is 1.54 bits per heavy atom. The van der Waals surface area contributed by atoms with Gasteiger partial charge in [0.25, 0.3) is 0 Å². The van der Waals surface area contributed by atoms with E-state index in [0.717, 1.165) is 0 Å². The molecule has 0 radical (unpaired) electrons. The summed E-state index contributed by atoms with van der Waals surface area (Å²) in [5, 5.41) is 62.9. The average Bonchev–Trinajstić information content (AvgIpc) is 2.86. The summed E-state index contributed by atoms with van der Waals surface area (Å²) in [7, 11) is 0. The van der Waals surface area contributed by atoms with Gasteiger partial charge < -0.3 is 30.6 Å². The van der Waals surface area contributed by atoms with Crippen LogP contribution in [0.25, 0.3) is 0 Å². The van der Waals surface area contributed by atoms with Gasteiger partial charge in [0.15, 0.2) is 46.5 Å². The van der Waals surface area contributed by atoms with Crippen molar-refractivity contribution in [3.8, 4) is 0 Å². The number of hydrogen-bond donors (Lipinski definition) is 6. The molecular formula is C23H24F8O6. The maximum Gasteiger partial charge on any atom is 0.197 e. The highest BCUT2D eigenvalue weighted by Gasteiger charge is 2.54. The molecule has 2 aromatic carbocycles. The molecule has 5 atom stereocenters. The van der Waals surface area contributed by atoms with Gasteiger partial charge in [-0.05, 0) is 29.7 Å². The molecule has 0 saturated heterocycles. The molecule has 2 aromatic rings. The third kappa shape index (κ3) is 5.89. The highest BCUT2D eigenvalue weighted by Crippen LogP contribution is 2.37. The van der Waals surface area contributed by atoms with Crippen molar-refractivity contribution in [1.82, 2.24) is 0 Å². The second-order valence-corrected chi connectivity index (χ2v) is 8.71.